The number of fused-ring (bicyclic) bond motifs is 1. The van der Waals surface area contributed by atoms with Crippen LogP contribution in [0.2, 0.25) is 5.02 Å². The van der Waals surface area contributed by atoms with E-state index in [1.54, 1.807) is 11.1 Å². The van der Waals surface area contributed by atoms with Gasteiger partial charge in [0.1, 0.15) is 5.69 Å². The molecule has 0 spiro atoms. The standard InChI is InChI=1S/C19H14ClN5OS/c1-12-14(20)5-6-16-17(12)24-19(27-16)25(11-13-4-2-3-7-22-13)18(26)15-10-21-8-9-23-15/h2-10H,11H2,1H3. The zero-order chi connectivity index (χ0) is 18.8. The summed E-state index contributed by atoms with van der Waals surface area (Å²) in [4.78, 5) is 31.8. The molecule has 0 saturated carbocycles. The number of halogens is 1. The first-order valence-corrected chi connectivity index (χ1v) is 9.36. The Hall–Kier alpha value is -2.90. The quantitative estimate of drug-likeness (QED) is 0.515. The van der Waals surface area contributed by atoms with Crippen molar-refractivity contribution in [1.29, 1.82) is 0 Å². The maximum Gasteiger partial charge on any atom is 0.280 e. The van der Waals surface area contributed by atoms with E-state index in [0.717, 1.165) is 21.5 Å². The van der Waals surface area contributed by atoms with Crippen molar-refractivity contribution < 1.29 is 4.79 Å². The molecule has 0 aliphatic carbocycles. The van der Waals surface area contributed by atoms with Gasteiger partial charge in [-0.1, -0.05) is 29.0 Å². The number of aryl methyl sites for hydroxylation is 1. The maximum absolute atomic E-state index is 13.1. The predicted octanol–water partition coefficient (Wildman–Crippen LogP) is 4.29. The fourth-order valence-corrected chi connectivity index (χ4v) is 3.81. The Morgan fingerprint density at radius 3 is 2.78 bits per heavy atom. The van der Waals surface area contributed by atoms with Crippen LogP contribution in [0.4, 0.5) is 5.13 Å². The van der Waals surface area contributed by atoms with Crippen molar-refractivity contribution in [2.75, 3.05) is 4.90 Å². The highest BCUT2D eigenvalue weighted by molar-refractivity contribution is 7.22. The van der Waals surface area contributed by atoms with Crippen LogP contribution < -0.4 is 4.90 Å². The number of amides is 1. The second-order valence-electron chi connectivity index (χ2n) is 5.82. The second-order valence-corrected chi connectivity index (χ2v) is 7.23. The van der Waals surface area contributed by atoms with E-state index in [2.05, 4.69) is 19.9 Å². The molecule has 1 aromatic carbocycles. The molecule has 134 valence electrons. The van der Waals surface area contributed by atoms with Gasteiger partial charge < -0.3 is 0 Å². The van der Waals surface area contributed by atoms with Crippen LogP contribution in [0, 0.1) is 6.92 Å². The van der Waals surface area contributed by atoms with Crippen LogP contribution in [-0.4, -0.2) is 25.8 Å². The summed E-state index contributed by atoms with van der Waals surface area (Å²) in [5.41, 5.74) is 2.69. The van der Waals surface area contributed by atoms with E-state index < -0.39 is 0 Å². The number of hydrogen-bond acceptors (Lipinski definition) is 6. The largest absolute Gasteiger partial charge is 0.280 e. The summed E-state index contributed by atoms with van der Waals surface area (Å²) >= 11 is 7.65. The van der Waals surface area contributed by atoms with Crippen molar-refractivity contribution in [3.8, 4) is 0 Å². The average Bonchev–Trinajstić information content (AvgIpc) is 3.15. The van der Waals surface area contributed by atoms with E-state index in [1.165, 1.54) is 29.9 Å². The molecule has 1 amide bonds. The minimum absolute atomic E-state index is 0.252. The highest BCUT2D eigenvalue weighted by atomic mass is 35.5. The number of benzene rings is 1. The number of carbonyl (C=O) groups excluding carboxylic acids is 1. The zero-order valence-corrected chi connectivity index (χ0v) is 15.9. The van der Waals surface area contributed by atoms with Crippen LogP contribution in [0.1, 0.15) is 21.7 Å². The molecule has 0 fully saturated rings. The lowest BCUT2D eigenvalue weighted by atomic mass is 10.2. The van der Waals surface area contributed by atoms with Gasteiger partial charge in [0.25, 0.3) is 5.91 Å². The lowest BCUT2D eigenvalue weighted by Gasteiger charge is -2.18. The Balaban J connectivity index is 1.80. The van der Waals surface area contributed by atoms with Crippen molar-refractivity contribution in [2.24, 2.45) is 0 Å². The van der Waals surface area contributed by atoms with Crippen LogP contribution in [0.3, 0.4) is 0 Å². The van der Waals surface area contributed by atoms with Crippen LogP contribution >= 0.6 is 22.9 Å². The first-order chi connectivity index (χ1) is 13.1. The number of carbonyl (C=O) groups is 1. The molecule has 0 saturated heterocycles. The van der Waals surface area contributed by atoms with Gasteiger partial charge in [-0.2, -0.15) is 0 Å². The van der Waals surface area contributed by atoms with Gasteiger partial charge in [0.05, 0.1) is 28.7 Å². The Kier molecular flexibility index (Phi) is 4.79. The van der Waals surface area contributed by atoms with Crippen LogP contribution in [-0.2, 0) is 6.54 Å². The van der Waals surface area contributed by atoms with Gasteiger partial charge in [-0.25, -0.2) is 9.97 Å². The molecule has 0 radical (unpaired) electrons. The third-order valence-corrected chi connectivity index (χ3v) is 5.49. The van der Waals surface area contributed by atoms with Crippen molar-refractivity contribution in [3.05, 3.63) is 77.1 Å². The highest BCUT2D eigenvalue weighted by Crippen LogP contribution is 2.34. The van der Waals surface area contributed by atoms with E-state index >= 15 is 0 Å². The minimum atomic E-state index is -0.281. The Labute approximate surface area is 164 Å². The predicted molar refractivity (Wildman–Crippen MR) is 106 cm³/mol. The molecule has 3 aromatic heterocycles. The first-order valence-electron chi connectivity index (χ1n) is 8.17. The smallest absolute Gasteiger partial charge is 0.276 e. The fourth-order valence-electron chi connectivity index (χ4n) is 2.63. The van der Waals surface area contributed by atoms with Crippen molar-refractivity contribution in [2.45, 2.75) is 13.5 Å². The van der Waals surface area contributed by atoms with Gasteiger partial charge in [0, 0.05) is 23.6 Å². The monoisotopic (exact) mass is 395 g/mol. The zero-order valence-electron chi connectivity index (χ0n) is 14.3. The summed E-state index contributed by atoms with van der Waals surface area (Å²) in [5, 5.41) is 1.22. The van der Waals surface area contributed by atoms with E-state index in [4.69, 9.17) is 11.6 Å². The first kappa shape index (κ1) is 17.5. The number of nitrogens with zero attached hydrogens (tertiary/aromatic N) is 5. The summed E-state index contributed by atoms with van der Waals surface area (Å²) in [7, 11) is 0. The van der Waals surface area contributed by atoms with Crippen molar-refractivity contribution >= 4 is 44.2 Å². The number of rotatable bonds is 4. The summed E-state index contributed by atoms with van der Waals surface area (Å²) in [6.07, 6.45) is 6.17. The molecule has 4 rings (SSSR count). The van der Waals surface area contributed by atoms with E-state index in [9.17, 15) is 4.79 Å². The SMILES string of the molecule is Cc1c(Cl)ccc2sc(N(Cc3ccccn3)C(=O)c3cnccn3)nc12. The van der Waals surface area contributed by atoms with Crippen LogP contribution in [0.25, 0.3) is 10.2 Å². The molecule has 6 nitrogen and oxygen atoms in total. The van der Waals surface area contributed by atoms with E-state index in [-0.39, 0.29) is 18.1 Å². The molecule has 27 heavy (non-hydrogen) atoms. The van der Waals surface area contributed by atoms with E-state index in [0.29, 0.717) is 10.2 Å². The molecule has 8 heteroatoms. The molecule has 0 N–H and O–H groups in total. The summed E-state index contributed by atoms with van der Waals surface area (Å²) in [5.74, 6) is -0.281. The van der Waals surface area contributed by atoms with Gasteiger partial charge in [0.2, 0.25) is 0 Å². The molecule has 0 aliphatic heterocycles. The van der Waals surface area contributed by atoms with Crippen LogP contribution in [0.15, 0.2) is 55.1 Å². The second kappa shape index (κ2) is 7.38. The third kappa shape index (κ3) is 3.51. The number of pyridine rings is 1. The number of hydrogen-bond donors (Lipinski definition) is 0. The number of aromatic nitrogens is 4. The van der Waals surface area contributed by atoms with Crippen molar-refractivity contribution in [1.82, 2.24) is 19.9 Å². The van der Waals surface area contributed by atoms with Crippen molar-refractivity contribution in [3.63, 3.8) is 0 Å². The number of thiazole rings is 1. The minimum Gasteiger partial charge on any atom is -0.276 e. The molecule has 4 aromatic rings. The van der Waals surface area contributed by atoms with Gasteiger partial charge in [0.15, 0.2) is 5.13 Å². The molecular weight excluding hydrogens is 382 g/mol. The van der Waals surface area contributed by atoms with E-state index in [1.807, 2.05) is 37.3 Å². The van der Waals surface area contributed by atoms with Crippen LogP contribution in [0.5, 0.6) is 0 Å². The lowest BCUT2D eigenvalue weighted by Crippen LogP contribution is -2.31. The fraction of sp³-hybridized carbons (Fsp3) is 0.105. The average molecular weight is 396 g/mol. The Morgan fingerprint density at radius 1 is 1.15 bits per heavy atom. The maximum atomic E-state index is 13.1. The van der Waals surface area contributed by atoms with Gasteiger partial charge in [-0.05, 0) is 36.8 Å². The summed E-state index contributed by atoms with van der Waals surface area (Å²) in [6.45, 7) is 2.20. The summed E-state index contributed by atoms with van der Waals surface area (Å²) < 4.78 is 0.963. The summed E-state index contributed by atoms with van der Waals surface area (Å²) in [6, 6.07) is 9.34. The van der Waals surface area contributed by atoms with Gasteiger partial charge in [-0.3, -0.25) is 19.7 Å². The Bertz CT molecular complexity index is 1100. The molecule has 3 heterocycles. The molecule has 0 unspecified atom stereocenters. The highest BCUT2D eigenvalue weighted by Gasteiger charge is 2.24. The molecule has 0 aliphatic rings. The number of anilines is 1. The molecular formula is C19H14ClN5OS. The van der Waals surface area contributed by atoms with Gasteiger partial charge in [-0.15, -0.1) is 0 Å². The normalized spacial score (nSPS) is 10.9. The lowest BCUT2D eigenvalue weighted by molar-refractivity contribution is 0.0979. The van der Waals surface area contributed by atoms with Gasteiger partial charge >= 0.3 is 0 Å². The molecule has 0 atom stereocenters. The third-order valence-electron chi connectivity index (χ3n) is 4.04. The molecule has 0 bridgehead atoms. The topological polar surface area (TPSA) is 71.9 Å². The Morgan fingerprint density at radius 2 is 2.04 bits per heavy atom.